The first-order valence-electron chi connectivity index (χ1n) is 5.98. The smallest absolute Gasteiger partial charge is 0.240 e. The summed E-state index contributed by atoms with van der Waals surface area (Å²) in [6.07, 6.45) is 8.21. The molecule has 0 spiro atoms. The minimum atomic E-state index is 0.0309. The molecule has 15 heavy (non-hydrogen) atoms. The topological polar surface area (TPSA) is 41.5 Å². The van der Waals surface area contributed by atoms with Crippen molar-refractivity contribution >= 4 is 12.1 Å². The Balaban J connectivity index is 3.33. The minimum Gasteiger partial charge on any atom is -0.273 e. The molecule has 0 atom stereocenters. The number of nitrogens with zero attached hydrogens (tertiary/aromatic N) is 1. The molecule has 0 rings (SSSR count). The number of nitrogens with one attached hydrogen (secondary N) is 1. The van der Waals surface area contributed by atoms with E-state index < -0.39 is 0 Å². The zero-order chi connectivity index (χ0) is 11.5. The van der Waals surface area contributed by atoms with Crippen molar-refractivity contribution in [3.05, 3.63) is 0 Å². The van der Waals surface area contributed by atoms with Gasteiger partial charge in [0.1, 0.15) is 0 Å². The van der Waals surface area contributed by atoms with Gasteiger partial charge < -0.3 is 0 Å². The Labute approximate surface area is 93.3 Å². The largest absolute Gasteiger partial charge is 0.273 e. The Morgan fingerprint density at radius 2 is 1.93 bits per heavy atom. The number of rotatable bonds is 8. The van der Waals surface area contributed by atoms with Crippen LogP contribution in [0.3, 0.4) is 0 Å². The van der Waals surface area contributed by atoms with Crippen LogP contribution in [0.1, 0.15) is 59.3 Å². The van der Waals surface area contributed by atoms with E-state index in [-0.39, 0.29) is 5.91 Å². The number of hydrogen-bond acceptors (Lipinski definition) is 2. The van der Waals surface area contributed by atoms with E-state index in [1.165, 1.54) is 19.3 Å². The molecule has 0 aromatic carbocycles. The number of carbonyl (C=O) groups excluding carboxylic acids is 1. The molecule has 0 saturated heterocycles. The van der Waals surface area contributed by atoms with E-state index in [4.69, 9.17) is 0 Å². The van der Waals surface area contributed by atoms with E-state index in [0.29, 0.717) is 12.3 Å². The predicted octanol–water partition coefficient (Wildman–Crippen LogP) is 3.10. The van der Waals surface area contributed by atoms with E-state index in [1.807, 2.05) is 13.8 Å². The molecule has 0 heterocycles. The van der Waals surface area contributed by atoms with E-state index in [0.717, 1.165) is 12.8 Å². The Morgan fingerprint density at radius 3 is 2.53 bits per heavy atom. The predicted molar refractivity (Wildman–Crippen MR) is 64.8 cm³/mol. The molecular weight excluding hydrogens is 188 g/mol. The molecule has 0 aliphatic carbocycles. The SMILES string of the molecule is CCCCCCCC(=O)NN=CC(C)C. The molecule has 88 valence electrons. The summed E-state index contributed by atoms with van der Waals surface area (Å²) < 4.78 is 0. The average Bonchev–Trinajstić information content (AvgIpc) is 2.17. The summed E-state index contributed by atoms with van der Waals surface area (Å²) >= 11 is 0. The van der Waals surface area contributed by atoms with Crippen LogP contribution < -0.4 is 5.43 Å². The van der Waals surface area contributed by atoms with Crippen LogP contribution in [0.25, 0.3) is 0 Å². The van der Waals surface area contributed by atoms with Crippen molar-refractivity contribution in [3.63, 3.8) is 0 Å². The lowest BCUT2D eigenvalue weighted by atomic mass is 10.1. The molecule has 0 fully saturated rings. The van der Waals surface area contributed by atoms with Gasteiger partial charge in [-0.2, -0.15) is 5.10 Å². The molecule has 0 aliphatic heterocycles. The molecule has 3 nitrogen and oxygen atoms in total. The van der Waals surface area contributed by atoms with Crippen molar-refractivity contribution in [2.45, 2.75) is 59.3 Å². The normalized spacial score (nSPS) is 11.2. The van der Waals surface area contributed by atoms with Crippen LogP contribution in [0.5, 0.6) is 0 Å². The highest BCUT2D eigenvalue weighted by Crippen LogP contribution is 2.04. The molecule has 0 saturated carbocycles. The minimum absolute atomic E-state index is 0.0309. The highest BCUT2D eigenvalue weighted by Gasteiger charge is 1.98. The van der Waals surface area contributed by atoms with Gasteiger partial charge in [0.05, 0.1) is 0 Å². The van der Waals surface area contributed by atoms with Gasteiger partial charge in [-0.05, 0) is 12.3 Å². The molecule has 0 aromatic heterocycles. The highest BCUT2D eigenvalue weighted by atomic mass is 16.2. The third-order valence-corrected chi connectivity index (χ3v) is 2.07. The summed E-state index contributed by atoms with van der Waals surface area (Å²) in [4.78, 5) is 11.2. The van der Waals surface area contributed by atoms with Gasteiger partial charge in [-0.1, -0.05) is 46.5 Å². The van der Waals surface area contributed by atoms with Crippen molar-refractivity contribution in [1.82, 2.24) is 5.43 Å². The highest BCUT2D eigenvalue weighted by molar-refractivity contribution is 5.76. The first-order chi connectivity index (χ1) is 7.16. The Hall–Kier alpha value is -0.860. The molecule has 0 unspecified atom stereocenters. The maximum Gasteiger partial charge on any atom is 0.240 e. The molecular formula is C12H24N2O. The van der Waals surface area contributed by atoms with Gasteiger partial charge in [0.15, 0.2) is 0 Å². The van der Waals surface area contributed by atoms with Gasteiger partial charge in [-0.25, -0.2) is 5.43 Å². The van der Waals surface area contributed by atoms with Gasteiger partial charge in [-0.15, -0.1) is 0 Å². The van der Waals surface area contributed by atoms with Crippen molar-refractivity contribution in [3.8, 4) is 0 Å². The van der Waals surface area contributed by atoms with Crippen molar-refractivity contribution in [2.75, 3.05) is 0 Å². The Kier molecular flexibility index (Phi) is 9.13. The van der Waals surface area contributed by atoms with E-state index in [9.17, 15) is 4.79 Å². The molecule has 0 radical (unpaired) electrons. The lowest BCUT2D eigenvalue weighted by Crippen LogP contribution is -2.17. The van der Waals surface area contributed by atoms with Crippen LogP contribution in [-0.4, -0.2) is 12.1 Å². The second-order valence-electron chi connectivity index (χ2n) is 4.22. The van der Waals surface area contributed by atoms with Crippen LogP contribution in [0.2, 0.25) is 0 Å². The molecule has 3 heteroatoms. The molecule has 0 aromatic rings. The van der Waals surface area contributed by atoms with E-state index >= 15 is 0 Å². The lowest BCUT2D eigenvalue weighted by Gasteiger charge is -2.00. The zero-order valence-corrected chi connectivity index (χ0v) is 10.3. The van der Waals surface area contributed by atoms with Crippen LogP contribution in [0.15, 0.2) is 5.10 Å². The van der Waals surface area contributed by atoms with Crippen molar-refractivity contribution < 1.29 is 4.79 Å². The fourth-order valence-corrected chi connectivity index (χ4v) is 1.20. The van der Waals surface area contributed by atoms with Crippen LogP contribution >= 0.6 is 0 Å². The van der Waals surface area contributed by atoms with Gasteiger partial charge in [0.2, 0.25) is 5.91 Å². The maximum atomic E-state index is 11.2. The van der Waals surface area contributed by atoms with Crippen LogP contribution in [0.4, 0.5) is 0 Å². The quantitative estimate of drug-likeness (QED) is 0.375. The number of carbonyl (C=O) groups is 1. The molecule has 1 N–H and O–H groups in total. The third kappa shape index (κ3) is 11.1. The van der Waals surface area contributed by atoms with Crippen molar-refractivity contribution in [1.29, 1.82) is 0 Å². The van der Waals surface area contributed by atoms with E-state index in [1.54, 1.807) is 6.21 Å². The summed E-state index contributed by atoms with van der Waals surface area (Å²) in [6, 6.07) is 0. The average molecular weight is 212 g/mol. The number of unbranched alkanes of at least 4 members (excludes halogenated alkanes) is 4. The van der Waals surface area contributed by atoms with E-state index in [2.05, 4.69) is 17.5 Å². The van der Waals surface area contributed by atoms with Crippen LogP contribution in [0, 0.1) is 5.92 Å². The van der Waals surface area contributed by atoms with Gasteiger partial charge in [0, 0.05) is 12.6 Å². The number of hydrogen-bond donors (Lipinski definition) is 1. The van der Waals surface area contributed by atoms with Gasteiger partial charge in [-0.3, -0.25) is 4.79 Å². The lowest BCUT2D eigenvalue weighted by molar-refractivity contribution is -0.121. The fourth-order valence-electron chi connectivity index (χ4n) is 1.20. The number of hydrazone groups is 1. The third-order valence-electron chi connectivity index (χ3n) is 2.07. The van der Waals surface area contributed by atoms with Gasteiger partial charge in [0.25, 0.3) is 0 Å². The Bertz CT molecular complexity index is 188. The summed E-state index contributed by atoms with van der Waals surface area (Å²) in [7, 11) is 0. The summed E-state index contributed by atoms with van der Waals surface area (Å²) in [5, 5.41) is 3.86. The van der Waals surface area contributed by atoms with Crippen LogP contribution in [-0.2, 0) is 4.79 Å². The fraction of sp³-hybridized carbons (Fsp3) is 0.833. The standard InChI is InChI=1S/C12H24N2O/c1-4-5-6-7-8-9-12(15)14-13-10-11(2)3/h10-11H,4-9H2,1-3H3,(H,14,15). The summed E-state index contributed by atoms with van der Waals surface area (Å²) in [5.74, 6) is 0.415. The summed E-state index contributed by atoms with van der Waals surface area (Å²) in [5.41, 5.74) is 2.54. The first kappa shape index (κ1) is 14.1. The molecule has 1 amide bonds. The first-order valence-corrected chi connectivity index (χ1v) is 5.98. The molecule has 0 aliphatic rings. The Morgan fingerprint density at radius 1 is 1.27 bits per heavy atom. The van der Waals surface area contributed by atoms with Crippen molar-refractivity contribution in [2.24, 2.45) is 11.0 Å². The molecule has 0 bridgehead atoms. The monoisotopic (exact) mass is 212 g/mol. The second-order valence-corrected chi connectivity index (χ2v) is 4.22. The summed E-state index contributed by atoms with van der Waals surface area (Å²) in [6.45, 7) is 6.24. The second kappa shape index (κ2) is 9.69. The van der Waals surface area contributed by atoms with Gasteiger partial charge >= 0.3 is 0 Å². The maximum absolute atomic E-state index is 11.2. The zero-order valence-electron chi connectivity index (χ0n) is 10.3. The number of amides is 1.